The van der Waals surface area contributed by atoms with E-state index < -0.39 is 12.0 Å². The fourth-order valence-electron chi connectivity index (χ4n) is 1.89. The highest BCUT2D eigenvalue weighted by molar-refractivity contribution is 5.73. The Labute approximate surface area is 108 Å². The number of aliphatic carboxylic acids is 1. The number of carboxylic acid groups (broad SMARTS) is 1. The van der Waals surface area contributed by atoms with Gasteiger partial charge in [0.15, 0.2) is 0 Å². The molecule has 0 amide bonds. The molecule has 2 fully saturated rings. The lowest BCUT2D eigenvalue weighted by molar-refractivity contribution is -0.140. The second kappa shape index (κ2) is 6.50. The maximum absolute atomic E-state index is 11.1. The van der Waals surface area contributed by atoms with Crippen LogP contribution >= 0.6 is 0 Å². The quantitative estimate of drug-likeness (QED) is 0.559. The van der Waals surface area contributed by atoms with Gasteiger partial charge >= 0.3 is 5.97 Å². The topological polar surface area (TPSA) is 61.8 Å². The van der Waals surface area contributed by atoms with Crippen molar-refractivity contribution >= 4 is 5.97 Å². The predicted molar refractivity (Wildman–Crippen MR) is 68.6 cm³/mol. The normalized spacial score (nSPS) is 21.2. The van der Waals surface area contributed by atoms with E-state index in [2.05, 4.69) is 5.32 Å². The van der Waals surface area contributed by atoms with Crippen molar-refractivity contribution in [2.75, 3.05) is 33.4 Å². The van der Waals surface area contributed by atoms with Crippen LogP contribution in [0, 0.1) is 5.92 Å². The van der Waals surface area contributed by atoms with Crippen LogP contribution < -0.4 is 5.32 Å². The largest absolute Gasteiger partial charge is 0.480 e. The number of hydrogen-bond acceptors (Lipinski definition) is 4. The zero-order valence-electron chi connectivity index (χ0n) is 11.1. The highest BCUT2D eigenvalue weighted by Crippen LogP contribution is 2.28. The van der Waals surface area contributed by atoms with Gasteiger partial charge in [-0.2, -0.15) is 0 Å². The molecule has 0 aromatic heterocycles. The third kappa shape index (κ3) is 5.33. The molecule has 18 heavy (non-hydrogen) atoms. The van der Waals surface area contributed by atoms with Crippen molar-refractivity contribution in [1.82, 2.24) is 10.2 Å². The number of ether oxygens (including phenoxy) is 1. The summed E-state index contributed by atoms with van der Waals surface area (Å²) in [4.78, 5) is 13.1. The highest BCUT2D eigenvalue weighted by atomic mass is 16.5. The zero-order valence-corrected chi connectivity index (χ0v) is 11.1. The second-order valence-electron chi connectivity index (χ2n) is 5.61. The van der Waals surface area contributed by atoms with E-state index in [1.807, 2.05) is 11.9 Å². The molecule has 2 rings (SSSR count). The Kier molecular flexibility index (Phi) is 4.97. The number of likely N-dealkylation sites (N-methyl/N-ethyl adjacent to an activating group) is 1. The van der Waals surface area contributed by atoms with Gasteiger partial charge in [-0.25, -0.2) is 0 Å². The van der Waals surface area contributed by atoms with E-state index in [-0.39, 0.29) is 0 Å². The van der Waals surface area contributed by atoms with Crippen molar-refractivity contribution in [1.29, 1.82) is 0 Å². The fourth-order valence-corrected chi connectivity index (χ4v) is 1.89. The summed E-state index contributed by atoms with van der Waals surface area (Å²) in [6.07, 6.45) is 4.83. The van der Waals surface area contributed by atoms with Crippen LogP contribution in [0.5, 0.6) is 0 Å². The molecule has 1 atom stereocenters. The minimum absolute atomic E-state index is 0.422. The molecule has 0 saturated heterocycles. The highest BCUT2D eigenvalue weighted by Gasteiger charge is 2.28. The molecule has 5 heteroatoms. The van der Waals surface area contributed by atoms with E-state index in [9.17, 15) is 4.79 Å². The SMILES string of the molecule is CN(CCOCC1CC1)CC(NC1CC1)C(=O)O. The molecule has 0 heterocycles. The molecule has 2 N–H and O–H groups in total. The first kappa shape index (κ1) is 13.8. The first-order valence-electron chi connectivity index (χ1n) is 6.90. The average Bonchev–Trinajstić information content (AvgIpc) is 3.17. The Morgan fingerprint density at radius 3 is 2.72 bits per heavy atom. The maximum atomic E-state index is 11.1. The van der Waals surface area contributed by atoms with E-state index in [1.165, 1.54) is 12.8 Å². The number of rotatable bonds is 10. The van der Waals surface area contributed by atoms with E-state index in [0.717, 1.165) is 31.9 Å². The lowest BCUT2D eigenvalue weighted by Crippen LogP contribution is -2.46. The molecular weight excluding hydrogens is 232 g/mol. The fraction of sp³-hybridized carbons (Fsp3) is 0.923. The maximum Gasteiger partial charge on any atom is 0.322 e. The van der Waals surface area contributed by atoms with Crippen molar-refractivity contribution in [3.05, 3.63) is 0 Å². The molecular formula is C13H24N2O3. The van der Waals surface area contributed by atoms with Gasteiger partial charge < -0.3 is 20.1 Å². The van der Waals surface area contributed by atoms with Crippen molar-refractivity contribution < 1.29 is 14.6 Å². The Bertz CT molecular complexity index is 277. The van der Waals surface area contributed by atoms with Crippen LogP contribution in [0.2, 0.25) is 0 Å². The summed E-state index contributed by atoms with van der Waals surface area (Å²) in [7, 11) is 1.95. The van der Waals surface area contributed by atoms with Crippen molar-refractivity contribution in [2.45, 2.75) is 37.8 Å². The Morgan fingerprint density at radius 1 is 1.44 bits per heavy atom. The summed E-state index contributed by atoms with van der Waals surface area (Å²) in [6, 6.07) is -0.0310. The molecule has 0 bridgehead atoms. The van der Waals surface area contributed by atoms with Gasteiger partial charge in [-0.15, -0.1) is 0 Å². The molecule has 2 aliphatic carbocycles. The van der Waals surface area contributed by atoms with Crippen LogP contribution in [-0.4, -0.2) is 61.4 Å². The van der Waals surface area contributed by atoms with Gasteiger partial charge in [-0.3, -0.25) is 4.79 Å². The molecule has 5 nitrogen and oxygen atoms in total. The van der Waals surface area contributed by atoms with Crippen LogP contribution in [0.1, 0.15) is 25.7 Å². The smallest absolute Gasteiger partial charge is 0.322 e. The molecule has 0 aromatic carbocycles. The second-order valence-corrected chi connectivity index (χ2v) is 5.61. The van der Waals surface area contributed by atoms with Crippen LogP contribution in [0.3, 0.4) is 0 Å². The van der Waals surface area contributed by atoms with Gasteiger partial charge in [0, 0.05) is 25.7 Å². The van der Waals surface area contributed by atoms with Crippen molar-refractivity contribution in [3.63, 3.8) is 0 Å². The number of nitrogens with zero attached hydrogens (tertiary/aromatic N) is 1. The average molecular weight is 256 g/mol. The van der Waals surface area contributed by atoms with Gasteiger partial charge in [0.25, 0.3) is 0 Å². The minimum atomic E-state index is -0.757. The first-order chi connectivity index (χ1) is 8.65. The van der Waals surface area contributed by atoms with Crippen LogP contribution in [-0.2, 0) is 9.53 Å². The van der Waals surface area contributed by atoms with E-state index in [1.54, 1.807) is 0 Å². The zero-order chi connectivity index (χ0) is 13.0. The van der Waals surface area contributed by atoms with Crippen LogP contribution in [0.4, 0.5) is 0 Å². The van der Waals surface area contributed by atoms with Crippen molar-refractivity contribution in [3.8, 4) is 0 Å². The third-order valence-corrected chi connectivity index (χ3v) is 3.47. The minimum Gasteiger partial charge on any atom is -0.480 e. The summed E-state index contributed by atoms with van der Waals surface area (Å²) < 4.78 is 5.55. The van der Waals surface area contributed by atoms with E-state index in [0.29, 0.717) is 19.2 Å². The van der Waals surface area contributed by atoms with Gasteiger partial charge in [0.1, 0.15) is 6.04 Å². The summed E-state index contributed by atoms with van der Waals surface area (Å²) in [5, 5.41) is 12.3. The lowest BCUT2D eigenvalue weighted by atomic mass is 10.2. The molecule has 2 aliphatic rings. The Hall–Kier alpha value is -0.650. The molecule has 2 saturated carbocycles. The summed E-state index contributed by atoms with van der Waals surface area (Å²) >= 11 is 0. The van der Waals surface area contributed by atoms with E-state index in [4.69, 9.17) is 9.84 Å². The number of hydrogen-bond donors (Lipinski definition) is 2. The van der Waals surface area contributed by atoms with Gasteiger partial charge in [0.05, 0.1) is 6.61 Å². The molecule has 0 aliphatic heterocycles. The molecule has 0 radical (unpaired) electrons. The molecule has 1 unspecified atom stereocenters. The Balaban J connectivity index is 1.57. The van der Waals surface area contributed by atoms with Crippen LogP contribution in [0.25, 0.3) is 0 Å². The summed E-state index contributed by atoms with van der Waals surface area (Å²) in [6.45, 7) is 2.90. The standard InChI is InChI=1S/C13H24N2O3/c1-15(6-7-18-9-10-2-3-10)8-12(13(16)17)14-11-4-5-11/h10-12,14H,2-9H2,1H3,(H,16,17). The molecule has 0 aromatic rings. The summed E-state index contributed by atoms with van der Waals surface area (Å²) in [5.74, 6) is 0.0336. The molecule has 0 spiro atoms. The number of nitrogens with one attached hydrogen (secondary N) is 1. The molecule has 104 valence electrons. The van der Waals surface area contributed by atoms with Gasteiger partial charge in [-0.1, -0.05) is 0 Å². The third-order valence-electron chi connectivity index (χ3n) is 3.47. The van der Waals surface area contributed by atoms with Gasteiger partial charge in [0.2, 0.25) is 0 Å². The summed E-state index contributed by atoms with van der Waals surface area (Å²) in [5.41, 5.74) is 0. The first-order valence-corrected chi connectivity index (χ1v) is 6.90. The van der Waals surface area contributed by atoms with Gasteiger partial charge in [-0.05, 0) is 38.6 Å². The van der Waals surface area contributed by atoms with Crippen LogP contribution in [0.15, 0.2) is 0 Å². The predicted octanol–water partition coefficient (Wildman–Crippen LogP) is 0.550. The van der Waals surface area contributed by atoms with E-state index >= 15 is 0 Å². The van der Waals surface area contributed by atoms with Crippen molar-refractivity contribution in [2.24, 2.45) is 5.92 Å². The monoisotopic (exact) mass is 256 g/mol. The number of carboxylic acids is 1. The lowest BCUT2D eigenvalue weighted by Gasteiger charge is -2.22. The number of carbonyl (C=O) groups is 1. The Morgan fingerprint density at radius 2 is 2.17 bits per heavy atom.